The molecule has 0 bridgehead atoms. The monoisotopic (exact) mass is 433 g/mol. The second-order valence-corrected chi connectivity index (χ2v) is 7.50. The summed E-state index contributed by atoms with van der Waals surface area (Å²) in [5.74, 6) is -0.710. The molecule has 154 valence electrons. The zero-order valence-electron chi connectivity index (χ0n) is 15.1. The van der Waals surface area contributed by atoms with Gasteiger partial charge >= 0.3 is 6.18 Å². The fraction of sp³-hybridized carbons (Fsp3) is 0.105. The van der Waals surface area contributed by atoms with Gasteiger partial charge in [0.2, 0.25) is 0 Å². The molecule has 4 N–H and O–H groups in total. The van der Waals surface area contributed by atoms with Crippen LogP contribution < -0.4 is 11.2 Å². The predicted octanol–water partition coefficient (Wildman–Crippen LogP) is 3.93. The van der Waals surface area contributed by atoms with Crippen molar-refractivity contribution < 1.29 is 23.2 Å². The van der Waals surface area contributed by atoms with Crippen LogP contribution >= 0.6 is 11.3 Å². The molecule has 0 saturated carbocycles. The van der Waals surface area contributed by atoms with Crippen molar-refractivity contribution in [2.75, 3.05) is 5.73 Å². The summed E-state index contributed by atoms with van der Waals surface area (Å²) in [5, 5.41) is 13.2. The van der Waals surface area contributed by atoms with E-state index in [1.165, 1.54) is 41.1 Å². The molecule has 7 nitrogen and oxygen atoms in total. The number of nitrogens with two attached hydrogens (primary N) is 1. The Balaban J connectivity index is 1.70. The van der Waals surface area contributed by atoms with Gasteiger partial charge in [-0.25, -0.2) is 10.5 Å². The Kier molecular flexibility index (Phi) is 4.92. The molecule has 4 rings (SSSR count). The average molecular weight is 433 g/mol. The molecule has 1 amide bonds. The van der Waals surface area contributed by atoms with Gasteiger partial charge in [-0.05, 0) is 35.9 Å². The van der Waals surface area contributed by atoms with Crippen molar-refractivity contribution in [1.29, 1.82) is 0 Å². The summed E-state index contributed by atoms with van der Waals surface area (Å²) < 4.78 is 42.4. The minimum absolute atomic E-state index is 0.147. The van der Waals surface area contributed by atoms with Crippen molar-refractivity contribution in [3.8, 4) is 11.3 Å². The maximum Gasteiger partial charge on any atom is 0.433 e. The van der Waals surface area contributed by atoms with E-state index in [0.717, 1.165) is 15.4 Å². The van der Waals surface area contributed by atoms with E-state index in [4.69, 9.17) is 10.9 Å². The van der Waals surface area contributed by atoms with E-state index in [1.54, 1.807) is 18.2 Å². The van der Waals surface area contributed by atoms with Crippen LogP contribution in [0.1, 0.15) is 21.6 Å². The van der Waals surface area contributed by atoms with Crippen LogP contribution in [-0.2, 0) is 12.7 Å². The molecule has 2 aromatic heterocycles. The second-order valence-electron chi connectivity index (χ2n) is 6.44. The number of amides is 1. The van der Waals surface area contributed by atoms with Crippen LogP contribution in [0.3, 0.4) is 0 Å². The number of nitrogens with one attached hydrogen (secondary N) is 1. The number of thiazole rings is 1. The number of hydroxylamine groups is 1. The van der Waals surface area contributed by atoms with E-state index in [-0.39, 0.29) is 17.8 Å². The molecule has 0 aliphatic rings. The standard InChI is InChI=1S/C19H14F3N5O2S/c20-19(21,22)16-8-14(12-5-6-13-15(7-12)30-18(23)24-13)25-27(16)9-10-1-3-11(4-2-10)17(28)26-29/h1-8,29H,9H2,(H2,23,24)(H,26,28). The van der Waals surface area contributed by atoms with Crippen molar-refractivity contribution in [2.24, 2.45) is 0 Å². The fourth-order valence-electron chi connectivity index (χ4n) is 3.01. The molecule has 0 aliphatic carbocycles. The molecule has 30 heavy (non-hydrogen) atoms. The van der Waals surface area contributed by atoms with Crippen molar-refractivity contribution >= 4 is 32.6 Å². The van der Waals surface area contributed by atoms with E-state index >= 15 is 0 Å². The van der Waals surface area contributed by atoms with Gasteiger partial charge < -0.3 is 5.73 Å². The molecule has 2 heterocycles. The Bertz CT molecular complexity index is 1230. The number of nitrogens with zero attached hydrogens (tertiary/aromatic N) is 3. The molecular weight excluding hydrogens is 419 g/mol. The number of aromatic nitrogens is 3. The summed E-state index contributed by atoms with van der Waals surface area (Å²) in [6, 6.07) is 11.8. The first kappa shape index (κ1) is 19.9. The smallest absolute Gasteiger partial charge is 0.375 e. The van der Waals surface area contributed by atoms with Gasteiger partial charge in [-0.1, -0.05) is 29.5 Å². The van der Waals surface area contributed by atoms with Crippen molar-refractivity contribution in [3.05, 3.63) is 65.4 Å². The summed E-state index contributed by atoms with van der Waals surface area (Å²) in [4.78, 5) is 15.5. The first-order valence-electron chi connectivity index (χ1n) is 8.59. The minimum Gasteiger partial charge on any atom is -0.375 e. The van der Waals surface area contributed by atoms with E-state index < -0.39 is 17.8 Å². The van der Waals surface area contributed by atoms with Gasteiger partial charge in [-0.15, -0.1) is 0 Å². The third kappa shape index (κ3) is 3.84. The lowest BCUT2D eigenvalue weighted by molar-refractivity contribution is -0.144. The lowest BCUT2D eigenvalue weighted by Gasteiger charge is -2.10. The molecule has 0 saturated heterocycles. The number of hydrogen-bond acceptors (Lipinski definition) is 6. The number of carbonyl (C=O) groups is 1. The lowest BCUT2D eigenvalue weighted by Crippen LogP contribution is -2.18. The third-order valence-corrected chi connectivity index (χ3v) is 5.27. The number of fused-ring (bicyclic) bond motifs is 1. The van der Waals surface area contributed by atoms with Crippen LogP contribution in [0.5, 0.6) is 0 Å². The third-order valence-electron chi connectivity index (χ3n) is 4.42. The fourth-order valence-corrected chi connectivity index (χ4v) is 3.78. The molecule has 0 fully saturated rings. The van der Waals surface area contributed by atoms with Crippen LogP contribution in [0.2, 0.25) is 0 Å². The summed E-state index contributed by atoms with van der Waals surface area (Å²) in [7, 11) is 0. The zero-order valence-corrected chi connectivity index (χ0v) is 16.0. The maximum absolute atomic E-state index is 13.6. The second kappa shape index (κ2) is 7.43. The Morgan fingerprint density at radius 3 is 2.57 bits per heavy atom. The molecule has 0 unspecified atom stereocenters. The zero-order chi connectivity index (χ0) is 21.5. The van der Waals surface area contributed by atoms with Gasteiger partial charge in [-0.2, -0.15) is 18.3 Å². The first-order valence-corrected chi connectivity index (χ1v) is 9.41. The van der Waals surface area contributed by atoms with Gasteiger partial charge in [0, 0.05) is 11.1 Å². The number of benzene rings is 2. The van der Waals surface area contributed by atoms with Crippen molar-refractivity contribution in [2.45, 2.75) is 12.7 Å². The molecule has 0 spiro atoms. The van der Waals surface area contributed by atoms with E-state index in [0.29, 0.717) is 21.8 Å². The Hall–Kier alpha value is -3.44. The molecule has 0 radical (unpaired) electrons. The summed E-state index contributed by atoms with van der Waals surface area (Å²) in [5.41, 5.74) is 8.35. The van der Waals surface area contributed by atoms with Gasteiger partial charge in [0.1, 0.15) is 5.69 Å². The molecule has 0 atom stereocenters. The lowest BCUT2D eigenvalue weighted by atomic mass is 10.1. The largest absolute Gasteiger partial charge is 0.433 e. The normalized spacial score (nSPS) is 11.7. The van der Waals surface area contributed by atoms with E-state index in [9.17, 15) is 18.0 Å². The number of alkyl halides is 3. The van der Waals surface area contributed by atoms with Crippen LogP contribution in [0, 0.1) is 0 Å². The number of rotatable bonds is 4. The van der Waals surface area contributed by atoms with E-state index in [2.05, 4.69) is 10.1 Å². The molecular formula is C19H14F3N5O2S. The van der Waals surface area contributed by atoms with Crippen LogP contribution in [-0.4, -0.2) is 25.9 Å². The molecule has 11 heteroatoms. The first-order chi connectivity index (χ1) is 14.2. The number of nitrogen functional groups attached to an aromatic ring is 1. The Morgan fingerprint density at radius 1 is 1.17 bits per heavy atom. The number of anilines is 1. The summed E-state index contributed by atoms with van der Waals surface area (Å²) >= 11 is 1.25. The number of carbonyl (C=O) groups excluding carboxylic acids is 1. The highest BCUT2D eigenvalue weighted by Crippen LogP contribution is 2.34. The Labute approximate surface area is 171 Å². The van der Waals surface area contributed by atoms with E-state index in [1.807, 2.05) is 0 Å². The number of hydrogen-bond donors (Lipinski definition) is 3. The average Bonchev–Trinajstić information content (AvgIpc) is 3.29. The molecule has 0 aliphatic heterocycles. The van der Waals surface area contributed by atoms with Gasteiger partial charge in [0.15, 0.2) is 5.13 Å². The molecule has 2 aromatic carbocycles. The summed E-state index contributed by atoms with van der Waals surface area (Å²) in [6.07, 6.45) is -4.60. The van der Waals surface area contributed by atoms with Crippen molar-refractivity contribution in [3.63, 3.8) is 0 Å². The minimum atomic E-state index is -4.60. The highest BCUT2D eigenvalue weighted by molar-refractivity contribution is 7.22. The predicted molar refractivity (Wildman–Crippen MR) is 105 cm³/mol. The van der Waals surface area contributed by atoms with Gasteiger partial charge in [-0.3, -0.25) is 14.7 Å². The Morgan fingerprint density at radius 2 is 1.90 bits per heavy atom. The summed E-state index contributed by atoms with van der Waals surface area (Å²) in [6.45, 7) is -0.147. The van der Waals surface area contributed by atoms with Gasteiger partial charge in [0.25, 0.3) is 5.91 Å². The van der Waals surface area contributed by atoms with Crippen LogP contribution in [0.15, 0.2) is 48.5 Å². The quantitative estimate of drug-likeness (QED) is 0.334. The highest BCUT2D eigenvalue weighted by atomic mass is 32.1. The SMILES string of the molecule is Nc1nc2ccc(-c3cc(C(F)(F)F)n(Cc4ccc(C(=O)NO)cc4)n3)cc2s1. The van der Waals surface area contributed by atoms with Crippen LogP contribution in [0.4, 0.5) is 18.3 Å². The highest BCUT2D eigenvalue weighted by Gasteiger charge is 2.36. The number of halogens is 3. The maximum atomic E-state index is 13.6. The van der Waals surface area contributed by atoms with Gasteiger partial charge in [0.05, 0.1) is 22.5 Å². The molecule has 4 aromatic rings. The van der Waals surface area contributed by atoms with Crippen LogP contribution in [0.25, 0.3) is 21.5 Å². The van der Waals surface area contributed by atoms with Crippen molar-refractivity contribution in [1.82, 2.24) is 20.2 Å². The topological polar surface area (TPSA) is 106 Å².